The lowest BCUT2D eigenvalue weighted by Gasteiger charge is -2.13. The molecule has 0 bridgehead atoms. The van der Waals surface area contributed by atoms with Gasteiger partial charge in [0.1, 0.15) is 23.0 Å². The zero-order valence-corrected chi connectivity index (χ0v) is 18.0. The van der Waals surface area contributed by atoms with E-state index < -0.39 is 0 Å². The van der Waals surface area contributed by atoms with Crippen LogP contribution in [0.25, 0.3) is 11.1 Å². The lowest BCUT2D eigenvalue weighted by Crippen LogP contribution is -2.13. The average Bonchev–Trinajstić information content (AvgIpc) is 2.82. The molecule has 0 aliphatic carbocycles. The second-order valence-corrected chi connectivity index (χ2v) is 6.82. The van der Waals surface area contributed by atoms with E-state index in [0.29, 0.717) is 25.1 Å². The second kappa shape index (κ2) is 10.9. The Bertz CT molecular complexity index is 984. The van der Waals surface area contributed by atoms with Crippen LogP contribution in [0.2, 0.25) is 0 Å². The number of methoxy groups -OCH3 is 3. The summed E-state index contributed by atoms with van der Waals surface area (Å²) >= 11 is 0. The van der Waals surface area contributed by atoms with Gasteiger partial charge in [0.05, 0.1) is 27.9 Å². The van der Waals surface area contributed by atoms with E-state index in [4.69, 9.17) is 18.9 Å². The number of amides is 1. The van der Waals surface area contributed by atoms with Crippen molar-refractivity contribution in [2.75, 3.05) is 33.3 Å². The predicted octanol–water partition coefficient (Wildman–Crippen LogP) is 5.18. The van der Waals surface area contributed by atoms with Crippen LogP contribution >= 0.6 is 0 Å². The summed E-state index contributed by atoms with van der Waals surface area (Å²) in [6, 6.07) is 20.7. The van der Waals surface area contributed by atoms with Gasteiger partial charge in [-0.1, -0.05) is 12.1 Å². The first kappa shape index (κ1) is 22.0. The van der Waals surface area contributed by atoms with E-state index in [1.54, 1.807) is 21.3 Å². The van der Waals surface area contributed by atoms with Gasteiger partial charge in [-0.2, -0.15) is 0 Å². The van der Waals surface area contributed by atoms with Gasteiger partial charge < -0.3 is 24.3 Å². The number of hydrogen-bond acceptors (Lipinski definition) is 5. The number of hydrogen-bond donors (Lipinski definition) is 1. The molecule has 0 unspecified atom stereocenters. The van der Waals surface area contributed by atoms with Crippen molar-refractivity contribution in [1.29, 1.82) is 0 Å². The Morgan fingerprint density at radius 1 is 0.774 bits per heavy atom. The maximum Gasteiger partial charge on any atom is 0.224 e. The van der Waals surface area contributed by atoms with Gasteiger partial charge in [-0.25, -0.2) is 0 Å². The molecule has 0 aliphatic heterocycles. The van der Waals surface area contributed by atoms with Gasteiger partial charge >= 0.3 is 0 Å². The lowest BCUT2D eigenvalue weighted by atomic mass is 10.0. The van der Waals surface area contributed by atoms with Gasteiger partial charge in [-0.3, -0.25) is 4.79 Å². The molecule has 0 saturated carbocycles. The lowest BCUT2D eigenvalue weighted by molar-refractivity contribution is -0.116. The van der Waals surface area contributed by atoms with Gasteiger partial charge in [-0.15, -0.1) is 0 Å². The van der Waals surface area contributed by atoms with Crippen molar-refractivity contribution in [1.82, 2.24) is 0 Å². The maximum atomic E-state index is 12.4. The van der Waals surface area contributed by atoms with Crippen LogP contribution in [0.4, 0.5) is 5.69 Å². The molecule has 6 nitrogen and oxygen atoms in total. The highest BCUT2D eigenvalue weighted by atomic mass is 16.5. The van der Waals surface area contributed by atoms with Gasteiger partial charge in [0.2, 0.25) is 5.91 Å². The van der Waals surface area contributed by atoms with Crippen molar-refractivity contribution in [3.63, 3.8) is 0 Å². The molecule has 0 atom stereocenters. The van der Waals surface area contributed by atoms with Gasteiger partial charge in [-0.05, 0) is 66.6 Å². The predicted molar refractivity (Wildman–Crippen MR) is 121 cm³/mol. The number of ether oxygens (including phenoxy) is 4. The molecule has 3 rings (SSSR count). The van der Waals surface area contributed by atoms with Crippen molar-refractivity contribution >= 4 is 11.6 Å². The molecule has 0 radical (unpaired) electrons. The number of anilines is 1. The first-order chi connectivity index (χ1) is 15.1. The Kier molecular flexibility index (Phi) is 7.76. The fourth-order valence-electron chi connectivity index (χ4n) is 3.10. The molecule has 0 saturated heterocycles. The molecule has 31 heavy (non-hydrogen) atoms. The summed E-state index contributed by atoms with van der Waals surface area (Å²) in [6.07, 6.45) is 0.972. The van der Waals surface area contributed by atoms with Crippen LogP contribution in [-0.2, 0) is 4.79 Å². The monoisotopic (exact) mass is 421 g/mol. The average molecular weight is 421 g/mol. The van der Waals surface area contributed by atoms with E-state index in [2.05, 4.69) is 5.32 Å². The van der Waals surface area contributed by atoms with E-state index >= 15 is 0 Å². The van der Waals surface area contributed by atoms with E-state index in [1.165, 1.54) is 0 Å². The second-order valence-electron chi connectivity index (χ2n) is 6.82. The molecule has 0 aromatic heterocycles. The molecule has 3 aromatic rings. The molecule has 0 fully saturated rings. The summed E-state index contributed by atoms with van der Waals surface area (Å²) in [7, 11) is 4.88. The molecule has 3 aromatic carbocycles. The molecule has 162 valence electrons. The molecule has 6 heteroatoms. The first-order valence-corrected chi connectivity index (χ1v) is 10.0. The Morgan fingerprint density at radius 3 is 2.00 bits per heavy atom. The normalized spacial score (nSPS) is 10.3. The van der Waals surface area contributed by atoms with Crippen LogP contribution in [0.3, 0.4) is 0 Å². The Morgan fingerprint density at radius 2 is 1.39 bits per heavy atom. The minimum Gasteiger partial charge on any atom is -0.497 e. The van der Waals surface area contributed by atoms with Crippen LogP contribution in [0.15, 0.2) is 66.7 Å². The minimum atomic E-state index is -0.0656. The first-order valence-electron chi connectivity index (χ1n) is 10.0. The van der Waals surface area contributed by atoms with Crippen molar-refractivity contribution in [3.8, 4) is 34.1 Å². The molecule has 0 heterocycles. The van der Waals surface area contributed by atoms with Crippen molar-refractivity contribution in [3.05, 3.63) is 66.7 Å². The largest absolute Gasteiger partial charge is 0.497 e. The van der Waals surface area contributed by atoms with E-state index in [0.717, 1.165) is 34.1 Å². The van der Waals surface area contributed by atoms with Gasteiger partial charge in [0.25, 0.3) is 0 Å². The summed E-state index contributed by atoms with van der Waals surface area (Å²) in [4.78, 5) is 12.4. The molecule has 0 aliphatic rings. The van der Waals surface area contributed by atoms with Crippen molar-refractivity contribution < 1.29 is 23.7 Å². The van der Waals surface area contributed by atoms with Crippen LogP contribution in [0.1, 0.15) is 12.8 Å². The molecule has 1 N–H and O–H groups in total. The number of benzene rings is 3. The van der Waals surface area contributed by atoms with Crippen LogP contribution in [0, 0.1) is 0 Å². The van der Waals surface area contributed by atoms with Gasteiger partial charge in [0, 0.05) is 17.7 Å². The Hall–Kier alpha value is -3.67. The van der Waals surface area contributed by atoms with Crippen LogP contribution < -0.4 is 24.3 Å². The summed E-state index contributed by atoms with van der Waals surface area (Å²) in [5.74, 6) is 2.98. The SMILES string of the molecule is COc1ccc(OCCCC(=O)Nc2ccc(OC)c(-c3ccc(OC)cc3)c2)cc1. The number of rotatable bonds is 10. The topological polar surface area (TPSA) is 66.0 Å². The molecule has 0 spiro atoms. The third kappa shape index (κ3) is 6.15. The smallest absolute Gasteiger partial charge is 0.224 e. The molecule has 1 amide bonds. The van der Waals surface area contributed by atoms with E-state index in [1.807, 2.05) is 66.7 Å². The summed E-state index contributed by atoms with van der Waals surface area (Å²) < 4.78 is 21.5. The summed E-state index contributed by atoms with van der Waals surface area (Å²) in [6.45, 7) is 0.458. The zero-order chi connectivity index (χ0) is 22.1. The summed E-state index contributed by atoms with van der Waals surface area (Å²) in [5.41, 5.74) is 2.58. The molecular weight excluding hydrogens is 394 g/mol. The fourth-order valence-corrected chi connectivity index (χ4v) is 3.10. The zero-order valence-electron chi connectivity index (χ0n) is 18.0. The quantitative estimate of drug-likeness (QED) is 0.457. The third-order valence-corrected chi connectivity index (χ3v) is 4.76. The van der Waals surface area contributed by atoms with Crippen molar-refractivity contribution in [2.45, 2.75) is 12.8 Å². The summed E-state index contributed by atoms with van der Waals surface area (Å²) in [5, 5.41) is 2.95. The van der Waals surface area contributed by atoms with Crippen LogP contribution in [0.5, 0.6) is 23.0 Å². The maximum absolute atomic E-state index is 12.4. The van der Waals surface area contributed by atoms with E-state index in [-0.39, 0.29) is 5.91 Å². The van der Waals surface area contributed by atoms with Gasteiger partial charge in [0.15, 0.2) is 0 Å². The number of carbonyl (C=O) groups excluding carboxylic acids is 1. The molecular formula is C25H27NO5. The van der Waals surface area contributed by atoms with Crippen LogP contribution in [-0.4, -0.2) is 33.8 Å². The standard InChI is InChI=1S/C25H27NO5/c1-28-20-9-6-18(7-10-20)23-17-19(8-15-24(23)30-3)26-25(27)5-4-16-31-22-13-11-21(29-2)12-14-22/h6-15,17H,4-5,16H2,1-3H3,(H,26,27). The highest BCUT2D eigenvalue weighted by molar-refractivity contribution is 5.92. The highest BCUT2D eigenvalue weighted by Gasteiger charge is 2.10. The Labute approximate surface area is 182 Å². The Balaban J connectivity index is 1.55. The highest BCUT2D eigenvalue weighted by Crippen LogP contribution is 2.33. The van der Waals surface area contributed by atoms with E-state index in [9.17, 15) is 4.79 Å². The number of carbonyl (C=O) groups is 1. The fraction of sp³-hybridized carbons (Fsp3) is 0.240. The number of nitrogens with one attached hydrogen (secondary N) is 1. The third-order valence-electron chi connectivity index (χ3n) is 4.76. The van der Waals surface area contributed by atoms with Crippen molar-refractivity contribution in [2.24, 2.45) is 0 Å². The minimum absolute atomic E-state index is 0.0656.